The summed E-state index contributed by atoms with van der Waals surface area (Å²) in [4.78, 5) is 22.0. The lowest BCUT2D eigenvalue weighted by Crippen LogP contribution is -2.42. The number of halogens is 5. The summed E-state index contributed by atoms with van der Waals surface area (Å²) < 4.78 is 47.7. The Morgan fingerprint density at radius 3 is 2.52 bits per heavy atom. The molecular formula is C21H18Cl2F3N3O4. The van der Waals surface area contributed by atoms with Crippen LogP contribution in [0.25, 0.3) is 5.70 Å². The van der Waals surface area contributed by atoms with E-state index in [-0.39, 0.29) is 33.5 Å². The van der Waals surface area contributed by atoms with Gasteiger partial charge in [0.2, 0.25) is 5.60 Å². The van der Waals surface area contributed by atoms with Crippen LogP contribution in [0, 0.1) is 0 Å². The first-order valence-corrected chi connectivity index (χ1v) is 10.0. The average molecular weight is 504 g/mol. The van der Waals surface area contributed by atoms with Crippen molar-refractivity contribution >= 4 is 41.1 Å². The summed E-state index contributed by atoms with van der Waals surface area (Å²) in [5.74, 6) is -0.503. The highest BCUT2D eigenvalue weighted by Crippen LogP contribution is 2.48. The van der Waals surface area contributed by atoms with Gasteiger partial charge in [0.1, 0.15) is 13.4 Å². The summed E-state index contributed by atoms with van der Waals surface area (Å²) >= 11 is 11.8. The number of hydrogen-bond donors (Lipinski definition) is 2. The molecule has 0 aromatic heterocycles. The van der Waals surface area contributed by atoms with Gasteiger partial charge in [-0.3, -0.25) is 15.1 Å². The Kier molecular flexibility index (Phi) is 7.53. The summed E-state index contributed by atoms with van der Waals surface area (Å²) in [6.07, 6.45) is -2.88. The molecule has 0 bridgehead atoms. The smallest absolute Gasteiger partial charge is 0.398 e. The fourth-order valence-corrected chi connectivity index (χ4v) is 3.75. The van der Waals surface area contributed by atoms with Gasteiger partial charge in [0.05, 0.1) is 12.3 Å². The van der Waals surface area contributed by atoms with Crippen molar-refractivity contribution in [3.8, 4) is 0 Å². The van der Waals surface area contributed by atoms with Gasteiger partial charge in [-0.2, -0.15) is 13.2 Å². The number of hydrogen-bond acceptors (Lipinski definition) is 6. The lowest BCUT2D eigenvalue weighted by Gasteiger charge is -2.28. The molecule has 0 saturated heterocycles. The van der Waals surface area contributed by atoms with E-state index in [1.54, 1.807) is 0 Å². The van der Waals surface area contributed by atoms with E-state index in [2.05, 4.69) is 20.8 Å². The second-order valence-electron chi connectivity index (χ2n) is 6.85. The second kappa shape index (κ2) is 10.0. The molecule has 1 aliphatic heterocycles. The molecule has 1 aliphatic rings. The van der Waals surface area contributed by atoms with Gasteiger partial charge in [-0.25, -0.2) is 0 Å². The van der Waals surface area contributed by atoms with Gasteiger partial charge < -0.3 is 14.9 Å². The zero-order valence-corrected chi connectivity index (χ0v) is 18.8. The molecule has 1 atom stereocenters. The van der Waals surface area contributed by atoms with Crippen molar-refractivity contribution in [1.29, 1.82) is 0 Å². The Hall–Kier alpha value is -2.79. The van der Waals surface area contributed by atoms with E-state index < -0.39 is 17.7 Å². The highest BCUT2D eigenvalue weighted by atomic mass is 35.5. The number of methoxy groups -OCH3 is 1. The van der Waals surface area contributed by atoms with Crippen LogP contribution >= 0.6 is 23.2 Å². The molecular weight excluding hydrogens is 486 g/mol. The highest BCUT2D eigenvalue weighted by molar-refractivity contribution is 6.34. The minimum atomic E-state index is -4.84. The van der Waals surface area contributed by atoms with E-state index in [0.29, 0.717) is 11.1 Å². The molecule has 12 heteroatoms. The van der Waals surface area contributed by atoms with Crippen LogP contribution < -0.4 is 10.8 Å². The predicted molar refractivity (Wildman–Crippen MR) is 117 cm³/mol. The van der Waals surface area contributed by atoms with Crippen LogP contribution in [0.2, 0.25) is 10.0 Å². The summed E-state index contributed by atoms with van der Waals surface area (Å²) in [5.41, 5.74) is 0.265. The van der Waals surface area contributed by atoms with Gasteiger partial charge in [0.15, 0.2) is 0 Å². The number of nitrogens with one attached hydrogen (secondary N) is 2. The van der Waals surface area contributed by atoms with Gasteiger partial charge in [0, 0.05) is 33.8 Å². The third-order valence-corrected chi connectivity index (χ3v) is 5.13. The maximum absolute atomic E-state index is 14.2. The van der Waals surface area contributed by atoms with E-state index in [1.807, 2.05) is 0 Å². The van der Waals surface area contributed by atoms with Gasteiger partial charge >= 0.3 is 6.18 Å². The van der Waals surface area contributed by atoms with Gasteiger partial charge in [0.25, 0.3) is 5.91 Å². The van der Waals surface area contributed by atoms with Crippen LogP contribution in [0.3, 0.4) is 0 Å². The number of amides is 1. The number of rotatable bonds is 7. The minimum Gasteiger partial charge on any atom is -0.398 e. The Labute approximate surface area is 197 Å². The number of benzene rings is 2. The number of carbonyl (C=O) groups excluding carboxylic acids is 1. The van der Waals surface area contributed by atoms with Gasteiger partial charge in [-0.1, -0.05) is 34.4 Å². The molecule has 33 heavy (non-hydrogen) atoms. The summed E-state index contributed by atoms with van der Waals surface area (Å²) in [7, 11) is 2.74. The van der Waals surface area contributed by atoms with Gasteiger partial charge in [-0.15, -0.1) is 0 Å². The molecule has 176 valence electrons. The van der Waals surface area contributed by atoms with Crippen LogP contribution in [-0.4, -0.2) is 32.6 Å². The molecule has 0 radical (unpaired) electrons. The molecule has 3 rings (SSSR count). The lowest BCUT2D eigenvalue weighted by atomic mass is 9.91. The number of nitrogens with zero attached hydrogens (tertiary/aromatic N) is 1. The minimum absolute atomic E-state index is 0.0282. The fraction of sp³-hybridized carbons (Fsp3) is 0.238. The first-order valence-electron chi connectivity index (χ1n) is 9.29. The summed E-state index contributed by atoms with van der Waals surface area (Å²) in [6.45, 7) is 0.0282. The zero-order valence-electron chi connectivity index (χ0n) is 17.3. The highest BCUT2D eigenvalue weighted by Gasteiger charge is 2.59. The van der Waals surface area contributed by atoms with E-state index in [4.69, 9.17) is 32.8 Å². The van der Waals surface area contributed by atoms with Crippen LogP contribution in [-0.2, 0) is 26.6 Å². The Morgan fingerprint density at radius 2 is 1.91 bits per heavy atom. The third-order valence-electron chi connectivity index (χ3n) is 4.70. The van der Waals surface area contributed by atoms with Crippen molar-refractivity contribution in [3.05, 3.63) is 74.8 Å². The first kappa shape index (κ1) is 24.8. The van der Waals surface area contributed by atoms with Crippen molar-refractivity contribution in [3.63, 3.8) is 0 Å². The largest absolute Gasteiger partial charge is 0.428 e. The summed E-state index contributed by atoms with van der Waals surface area (Å²) in [6, 6.07) is 8.03. The van der Waals surface area contributed by atoms with E-state index in [1.165, 1.54) is 38.5 Å². The van der Waals surface area contributed by atoms with Crippen molar-refractivity contribution in [1.82, 2.24) is 10.8 Å². The SMILES string of the molecule is COCc1cc(C2=CC(c3cc(Cl)cc(Cl)c3)(C(F)(F)F)ON2)ccc1C(=O)NC=NOC. The second-order valence-corrected chi connectivity index (χ2v) is 7.72. The number of hydroxylamine groups is 1. The molecule has 2 aromatic carbocycles. The topological polar surface area (TPSA) is 81.2 Å². The molecule has 0 saturated carbocycles. The van der Waals surface area contributed by atoms with E-state index in [9.17, 15) is 18.0 Å². The standard InChI is InChI=1S/C21H18Cl2F3N3O4/c1-31-10-13-5-12(3-4-17(13)19(30)27-11-28-32-2)18-9-20(33-29-18,21(24,25)26)14-6-15(22)8-16(23)7-14/h3-9,11,29H,10H2,1-2H3,(H,27,28,30). The monoisotopic (exact) mass is 503 g/mol. The van der Waals surface area contributed by atoms with Crippen LogP contribution in [0.4, 0.5) is 13.2 Å². The normalized spacial score (nSPS) is 18.2. The average Bonchev–Trinajstić information content (AvgIpc) is 3.20. The Balaban J connectivity index is 2.04. The molecule has 1 unspecified atom stereocenters. The first-order chi connectivity index (χ1) is 15.6. The Morgan fingerprint density at radius 1 is 1.21 bits per heavy atom. The van der Waals surface area contributed by atoms with Crippen molar-refractivity contribution in [2.45, 2.75) is 18.4 Å². The molecule has 1 heterocycles. The van der Waals surface area contributed by atoms with Gasteiger partial charge in [-0.05, 0) is 42.0 Å². The molecule has 0 aliphatic carbocycles. The van der Waals surface area contributed by atoms with E-state index >= 15 is 0 Å². The zero-order chi connectivity index (χ0) is 24.2. The molecule has 1 amide bonds. The lowest BCUT2D eigenvalue weighted by molar-refractivity contribution is -0.269. The number of alkyl halides is 3. The fourth-order valence-electron chi connectivity index (χ4n) is 3.23. The third kappa shape index (κ3) is 5.25. The van der Waals surface area contributed by atoms with Crippen LogP contribution in [0.5, 0.6) is 0 Å². The van der Waals surface area contributed by atoms with Crippen molar-refractivity contribution in [2.75, 3.05) is 14.2 Å². The number of ether oxygens (including phenoxy) is 1. The van der Waals surface area contributed by atoms with Crippen molar-refractivity contribution < 1.29 is 32.4 Å². The predicted octanol–water partition coefficient (Wildman–Crippen LogP) is 4.79. The maximum atomic E-state index is 14.2. The Bertz CT molecular complexity index is 1090. The molecule has 0 spiro atoms. The molecule has 2 N–H and O–H groups in total. The number of oxime groups is 1. The van der Waals surface area contributed by atoms with E-state index in [0.717, 1.165) is 24.5 Å². The molecule has 0 fully saturated rings. The maximum Gasteiger partial charge on any atom is 0.428 e. The van der Waals surface area contributed by atoms with Crippen LogP contribution in [0.1, 0.15) is 27.0 Å². The quantitative estimate of drug-likeness (QED) is 0.322. The molecule has 7 nitrogen and oxygen atoms in total. The van der Waals surface area contributed by atoms with Crippen LogP contribution in [0.15, 0.2) is 47.6 Å². The van der Waals surface area contributed by atoms with Crippen molar-refractivity contribution in [2.24, 2.45) is 5.16 Å². The molecule has 2 aromatic rings. The number of carbonyl (C=O) groups is 1. The summed E-state index contributed by atoms with van der Waals surface area (Å²) in [5, 5.41) is 5.90.